The molecule has 0 bridgehead atoms. The van der Waals surface area contributed by atoms with Gasteiger partial charge < -0.3 is 4.57 Å². The van der Waals surface area contributed by atoms with Gasteiger partial charge in [0.15, 0.2) is 0 Å². The third-order valence-corrected chi connectivity index (χ3v) is 2.36. The molecule has 1 rings (SSSR count). The van der Waals surface area contributed by atoms with Crippen LogP contribution in [0.5, 0.6) is 0 Å². The van der Waals surface area contributed by atoms with Crippen molar-refractivity contribution < 1.29 is 0 Å². The zero-order chi connectivity index (χ0) is 10.0. The Labute approximate surface area is 83.0 Å². The quantitative estimate of drug-likeness (QED) is 0.730. The topological polar surface area (TPSA) is 41.6 Å². The highest BCUT2D eigenvalue weighted by Gasteiger charge is 2.14. The maximum absolute atomic E-state index is 8.52. The molecule has 0 radical (unpaired) electrons. The molecule has 0 aromatic carbocycles. The van der Waals surface area contributed by atoms with Gasteiger partial charge >= 0.3 is 0 Å². The summed E-state index contributed by atoms with van der Waals surface area (Å²) in [7, 11) is 1.87. The Morgan fingerprint density at radius 2 is 2.23 bits per heavy atom. The summed E-state index contributed by atoms with van der Waals surface area (Å²) in [5.41, 5.74) is 0.676. The van der Waals surface area contributed by atoms with Crippen molar-refractivity contribution >= 4 is 11.6 Å². The summed E-state index contributed by atoms with van der Waals surface area (Å²) in [6, 6.07) is 2.04. The minimum absolute atomic E-state index is 0.277. The molecule has 0 atom stereocenters. The standard InChI is InChI=1S/C9H12ClN3/c1-6(2)9-12-7(4-5-11)8(10)13(9)3/h6H,4H2,1-3H3. The van der Waals surface area contributed by atoms with Crippen LogP contribution in [0.1, 0.15) is 31.3 Å². The van der Waals surface area contributed by atoms with Gasteiger partial charge in [-0.1, -0.05) is 25.4 Å². The lowest BCUT2D eigenvalue weighted by atomic mass is 10.2. The van der Waals surface area contributed by atoms with Crippen molar-refractivity contribution in [1.82, 2.24) is 9.55 Å². The minimum Gasteiger partial charge on any atom is -0.322 e. The number of hydrogen-bond acceptors (Lipinski definition) is 2. The second kappa shape index (κ2) is 3.80. The van der Waals surface area contributed by atoms with Gasteiger partial charge in [0.05, 0.1) is 18.2 Å². The van der Waals surface area contributed by atoms with Gasteiger partial charge in [0.1, 0.15) is 11.0 Å². The highest BCUT2D eigenvalue weighted by atomic mass is 35.5. The van der Waals surface area contributed by atoms with E-state index in [1.165, 1.54) is 0 Å². The van der Waals surface area contributed by atoms with Crippen molar-refractivity contribution in [3.8, 4) is 6.07 Å². The lowest BCUT2D eigenvalue weighted by Crippen LogP contribution is -1.99. The van der Waals surface area contributed by atoms with Crippen molar-refractivity contribution in [3.63, 3.8) is 0 Å². The first-order valence-corrected chi connectivity index (χ1v) is 4.53. The summed E-state index contributed by atoms with van der Waals surface area (Å²) in [6.07, 6.45) is 0.277. The first-order valence-electron chi connectivity index (χ1n) is 4.15. The van der Waals surface area contributed by atoms with Gasteiger partial charge in [0.2, 0.25) is 0 Å². The molecule has 1 aromatic rings. The Hall–Kier alpha value is -1.01. The minimum atomic E-state index is 0.277. The number of nitrogens with zero attached hydrogens (tertiary/aromatic N) is 3. The van der Waals surface area contributed by atoms with Gasteiger partial charge in [0.25, 0.3) is 0 Å². The molecule has 0 unspecified atom stereocenters. The van der Waals surface area contributed by atoms with Crippen molar-refractivity contribution in [2.24, 2.45) is 7.05 Å². The average Bonchev–Trinajstić information content (AvgIpc) is 2.33. The maximum Gasteiger partial charge on any atom is 0.132 e. The zero-order valence-electron chi connectivity index (χ0n) is 8.00. The summed E-state index contributed by atoms with van der Waals surface area (Å²) >= 11 is 5.99. The SMILES string of the molecule is CC(C)c1nc(CC#N)c(Cl)n1C. The van der Waals surface area contributed by atoms with Crippen LogP contribution in [0.3, 0.4) is 0 Å². The number of rotatable bonds is 2. The van der Waals surface area contributed by atoms with Gasteiger partial charge in [-0.05, 0) is 0 Å². The Kier molecular flexibility index (Phi) is 2.94. The molecule has 1 aromatic heterocycles. The fourth-order valence-corrected chi connectivity index (χ4v) is 1.45. The van der Waals surface area contributed by atoms with Crippen LogP contribution in [-0.2, 0) is 13.5 Å². The van der Waals surface area contributed by atoms with E-state index in [4.69, 9.17) is 16.9 Å². The molecule has 0 aliphatic carbocycles. The highest BCUT2D eigenvalue weighted by molar-refractivity contribution is 6.30. The van der Waals surface area contributed by atoms with E-state index in [-0.39, 0.29) is 6.42 Å². The second-order valence-corrected chi connectivity index (χ2v) is 3.61. The first-order chi connectivity index (χ1) is 6.07. The van der Waals surface area contributed by atoms with E-state index in [0.717, 1.165) is 5.82 Å². The molecule has 70 valence electrons. The van der Waals surface area contributed by atoms with E-state index in [9.17, 15) is 0 Å². The Balaban J connectivity index is 3.14. The van der Waals surface area contributed by atoms with Crippen molar-refractivity contribution in [3.05, 3.63) is 16.7 Å². The van der Waals surface area contributed by atoms with E-state index < -0.39 is 0 Å². The fraction of sp³-hybridized carbons (Fsp3) is 0.556. The van der Waals surface area contributed by atoms with E-state index in [1.54, 1.807) is 0 Å². The molecule has 1 heterocycles. The maximum atomic E-state index is 8.52. The molecule has 0 saturated heterocycles. The summed E-state index contributed by atoms with van der Waals surface area (Å²) in [4.78, 5) is 4.31. The van der Waals surface area contributed by atoms with Crippen LogP contribution in [0.25, 0.3) is 0 Å². The number of halogens is 1. The van der Waals surface area contributed by atoms with Crippen LogP contribution in [-0.4, -0.2) is 9.55 Å². The van der Waals surface area contributed by atoms with Crippen LogP contribution in [0.15, 0.2) is 0 Å². The number of imidazole rings is 1. The molecule has 0 amide bonds. The van der Waals surface area contributed by atoms with Crippen LogP contribution >= 0.6 is 11.6 Å². The smallest absolute Gasteiger partial charge is 0.132 e. The monoisotopic (exact) mass is 197 g/mol. The second-order valence-electron chi connectivity index (χ2n) is 3.26. The average molecular weight is 198 g/mol. The fourth-order valence-electron chi connectivity index (χ4n) is 1.26. The molecule has 0 aliphatic rings. The summed E-state index contributed by atoms with van der Waals surface area (Å²) in [5.74, 6) is 1.25. The van der Waals surface area contributed by atoms with Crippen molar-refractivity contribution in [2.75, 3.05) is 0 Å². The molecule has 4 heteroatoms. The van der Waals surface area contributed by atoms with Gasteiger partial charge in [0, 0.05) is 13.0 Å². The Morgan fingerprint density at radius 3 is 2.62 bits per heavy atom. The van der Waals surface area contributed by atoms with E-state index in [2.05, 4.69) is 18.8 Å². The molecule has 0 aliphatic heterocycles. The summed E-state index contributed by atoms with van der Waals surface area (Å²) in [6.45, 7) is 4.10. The lowest BCUT2D eigenvalue weighted by Gasteiger charge is -2.03. The molecule has 0 N–H and O–H groups in total. The van der Waals surface area contributed by atoms with Crippen molar-refractivity contribution in [2.45, 2.75) is 26.2 Å². The molecule has 13 heavy (non-hydrogen) atoms. The highest BCUT2D eigenvalue weighted by Crippen LogP contribution is 2.21. The predicted molar refractivity (Wildman–Crippen MR) is 51.6 cm³/mol. The van der Waals surface area contributed by atoms with E-state index in [1.807, 2.05) is 17.7 Å². The molecular weight excluding hydrogens is 186 g/mol. The molecular formula is C9H12ClN3. The van der Waals surface area contributed by atoms with Crippen LogP contribution in [0, 0.1) is 11.3 Å². The van der Waals surface area contributed by atoms with Crippen LogP contribution in [0.4, 0.5) is 0 Å². The summed E-state index contributed by atoms with van der Waals surface area (Å²) in [5, 5.41) is 9.10. The van der Waals surface area contributed by atoms with Gasteiger partial charge in [-0.3, -0.25) is 0 Å². The van der Waals surface area contributed by atoms with Gasteiger partial charge in [-0.2, -0.15) is 5.26 Å². The van der Waals surface area contributed by atoms with Crippen LogP contribution in [0.2, 0.25) is 5.15 Å². The van der Waals surface area contributed by atoms with Gasteiger partial charge in [-0.15, -0.1) is 0 Å². The largest absolute Gasteiger partial charge is 0.322 e. The molecule has 3 nitrogen and oxygen atoms in total. The summed E-state index contributed by atoms with van der Waals surface area (Å²) < 4.78 is 1.83. The zero-order valence-corrected chi connectivity index (χ0v) is 8.76. The third-order valence-electron chi connectivity index (χ3n) is 1.89. The van der Waals surface area contributed by atoms with E-state index in [0.29, 0.717) is 16.8 Å². The Morgan fingerprint density at radius 1 is 1.62 bits per heavy atom. The Bertz CT molecular complexity index is 346. The van der Waals surface area contributed by atoms with Crippen molar-refractivity contribution in [1.29, 1.82) is 5.26 Å². The number of nitriles is 1. The first kappa shape index (κ1) is 10.1. The number of aromatic nitrogens is 2. The third kappa shape index (κ3) is 1.84. The lowest BCUT2D eigenvalue weighted by molar-refractivity contribution is 0.711. The van der Waals surface area contributed by atoms with Gasteiger partial charge in [-0.25, -0.2) is 4.98 Å². The molecule has 0 fully saturated rings. The molecule has 0 saturated carbocycles. The number of hydrogen-bond donors (Lipinski definition) is 0. The normalized spacial score (nSPS) is 10.5. The predicted octanol–water partition coefficient (Wildman–Crippen LogP) is 2.26. The van der Waals surface area contributed by atoms with Crippen LogP contribution < -0.4 is 0 Å². The molecule has 0 spiro atoms. The van der Waals surface area contributed by atoms with E-state index >= 15 is 0 Å².